The van der Waals surface area contributed by atoms with Crippen LogP contribution in [0.1, 0.15) is 33.3 Å². The molecular weight excluding hydrogens is 238 g/mol. The molecule has 1 rings (SSSR count). The van der Waals surface area contributed by atoms with E-state index in [0.717, 1.165) is 29.2 Å². The lowest BCUT2D eigenvalue weighted by Crippen LogP contribution is -2.22. The Bertz CT molecular complexity index is 413. The van der Waals surface area contributed by atoms with Gasteiger partial charge >= 0.3 is 0 Å². The maximum atomic E-state index is 5.85. The Hall–Kier alpha value is -1.48. The molecule has 0 saturated heterocycles. The average Bonchev–Trinajstić information content (AvgIpc) is 2.35. The van der Waals surface area contributed by atoms with E-state index in [4.69, 9.17) is 9.47 Å². The molecule has 0 aromatic heterocycles. The Balaban J connectivity index is 2.92. The van der Waals surface area contributed by atoms with Crippen molar-refractivity contribution in [3.05, 3.63) is 35.9 Å². The lowest BCUT2D eigenvalue weighted by Gasteiger charge is -2.17. The fraction of sp³-hybridized carbons (Fsp3) is 0.500. The lowest BCUT2D eigenvalue weighted by atomic mass is 10.1. The van der Waals surface area contributed by atoms with E-state index in [2.05, 4.69) is 31.8 Å². The van der Waals surface area contributed by atoms with Crippen molar-refractivity contribution in [2.45, 2.75) is 40.3 Å². The Labute approximate surface area is 116 Å². The summed E-state index contributed by atoms with van der Waals surface area (Å²) < 4.78 is 11.5. The van der Waals surface area contributed by atoms with E-state index >= 15 is 0 Å². The van der Waals surface area contributed by atoms with Crippen molar-refractivity contribution in [3.8, 4) is 11.5 Å². The first-order valence-electron chi connectivity index (χ1n) is 6.79. The Morgan fingerprint density at radius 2 is 2.05 bits per heavy atom. The quantitative estimate of drug-likeness (QED) is 0.728. The highest BCUT2D eigenvalue weighted by Gasteiger charge is 2.11. The molecular formula is C16H25NO2. The van der Waals surface area contributed by atoms with Gasteiger partial charge in [-0.25, -0.2) is 0 Å². The van der Waals surface area contributed by atoms with Crippen molar-refractivity contribution in [1.82, 2.24) is 5.32 Å². The molecule has 0 saturated carbocycles. The van der Waals surface area contributed by atoms with Gasteiger partial charge in [-0.1, -0.05) is 32.6 Å². The molecule has 106 valence electrons. The van der Waals surface area contributed by atoms with Crippen molar-refractivity contribution >= 4 is 0 Å². The van der Waals surface area contributed by atoms with E-state index in [1.807, 2.05) is 26.0 Å². The summed E-state index contributed by atoms with van der Waals surface area (Å²) in [6.07, 6.45) is 0. The highest BCUT2D eigenvalue weighted by Crippen LogP contribution is 2.31. The highest BCUT2D eigenvalue weighted by atomic mass is 16.5. The van der Waals surface area contributed by atoms with Gasteiger partial charge in [-0.15, -0.1) is 0 Å². The molecule has 3 nitrogen and oxygen atoms in total. The SMILES string of the molecule is C=C(C)COc1c(CNC(C)C)cccc1OCC. The molecule has 0 spiro atoms. The number of nitrogens with one attached hydrogen (secondary N) is 1. The monoisotopic (exact) mass is 263 g/mol. The highest BCUT2D eigenvalue weighted by molar-refractivity contribution is 5.46. The van der Waals surface area contributed by atoms with E-state index in [1.54, 1.807) is 0 Å². The lowest BCUT2D eigenvalue weighted by molar-refractivity contribution is 0.290. The maximum absolute atomic E-state index is 5.85. The molecule has 0 unspecified atom stereocenters. The number of hydrogen-bond acceptors (Lipinski definition) is 3. The topological polar surface area (TPSA) is 30.5 Å². The van der Waals surface area contributed by atoms with Crippen LogP contribution in [0.3, 0.4) is 0 Å². The van der Waals surface area contributed by atoms with Gasteiger partial charge in [0.25, 0.3) is 0 Å². The number of benzene rings is 1. The number of hydrogen-bond donors (Lipinski definition) is 1. The Morgan fingerprint density at radius 1 is 1.32 bits per heavy atom. The Kier molecular flexibility index (Phi) is 6.43. The Morgan fingerprint density at radius 3 is 2.63 bits per heavy atom. The molecule has 3 heteroatoms. The van der Waals surface area contributed by atoms with Crippen molar-refractivity contribution in [2.24, 2.45) is 0 Å². The summed E-state index contributed by atoms with van der Waals surface area (Å²) in [6, 6.07) is 6.43. The minimum absolute atomic E-state index is 0.435. The molecule has 0 aliphatic carbocycles. The zero-order chi connectivity index (χ0) is 14.3. The van der Waals surface area contributed by atoms with Crippen molar-refractivity contribution in [2.75, 3.05) is 13.2 Å². The zero-order valence-corrected chi connectivity index (χ0v) is 12.5. The van der Waals surface area contributed by atoms with E-state index in [9.17, 15) is 0 Å². The molecule has 0 bridgehead atoms. The van der Waals surface area contributed by atoms with Crippen molar-refractivity contribution < 1.29 is 9.47 Å². The first kappa shape index (κ1) is 15.6. The predicted molar refractivity (Wildman–Crippen MR) is 79.9 cm³/mol. The van der Waals surface area contributed by atoms with Crippen LogP contribution in [0.2, 0.25) is 0 Å². The van der Waals surface area contributed by atoms with E-state index in [1.165, 1.54) is 0 Å². The van der Waals surface area contributed by atoms with Gasteiger partial charge in [0.2, 0.25) is 0 Å². The molecule has 0 amide bonds. The van der Waals surface area contributed by atoms with Gasteiger partial charge in [0.05, 0.1) is 6.61 Å². The summed E-state index contributed by atoms with van der Waals surface area (Å²) in [4.78, 5) is 0. The second kappa shape index (κ2) is 7.85. The van der Waals surface area contributed by atoms with Crippen LogP contribution in [0, 0.1) is 0 Å². The van der Waals surface area contributed by atoms with Gasteiger partial charge in [0, 0.05) is 18.2 Å². The second-order valence-corrected chi connectivity index (χ2v) is 4.96. The van der Waals surface area contributed by atoms with Gasteiger partial charge < -0.3 is 14.8 Å². The number of rotatable bonds is 8. The third kappa shape index (κ3) is 5.35. The molecule has 0 radical (unpaired) electrons. The van der Waals surface area contributed by atoms with Crippen LogP contribution in [0.5, 0.6) is 11.5 Å². The third-order valence-corrected chi connectivity index (χ3v) is 2.52. The predicted octanol–water partition coefficient (Wildman–Crippen LogP) is 3.54. The van der Waals surface area contributed by atoms with Crippen LogP contribution in [-0.2, 0) is 6.54 Å². The molecule has 0 fully saturated rings. The summed E-state index contributed by atoms with van der Waals surface area (Å²) in [5.41, 5.74) is 2.11. The summed E-state index contributed by atoms with van der Waals surface area (Å²) in [6.45, 7) is 14.0. The summed E-state index contributed by atoms with van der Waals surface area (Å²) in [5.74, 6) is 1.62. The molecule has 0 aliphatic rings. The average molecular weight is 263 g/mol. The van der Waals surface area contributed by atoms with E-state index in [-0.39, 0.29) is 0 Å². The van der Waals surface area contributed by atoms with Crippen molar-refractivity contribution in [3.63, 3.8) is 0 Å². The van der Waals surface area contributed by atoms with Crippen LogP contribution in [-0.4, -0.2) is 19.3 Å². The fourth-order valence-electron chi connectivity index (χ4n) is 1.64. The van der Waals surface area contributed by atoms with Crippen LogP contribution < -0.4 is 14.8 Å². The molecule has 0 heterocycles. The molecule has 0 aliphatic heterocycles. The minimum atomic E-state index is 0.435. The molecule has 1 aromatic rings. The van der Waals surface area contributed by atoms with Crippen LogP contribution in [0.25, 0.3) is 0 Å². The van der Waals surface area contributed by atoms with E-state index in [0.29, 0.717) is 19.3 Å². The maximum Gasteiger partial charge on any atom is 0.166 e. The molecule has 0 atom stereocenters. The second-order valence-electron chi connectivity index (χ2n) is 4.96. The largest absolute Gasteiger partial charge is 0.490 e. The van der Waals surface area contributed by atoms with Gasteiger partial charge in [0.1, 0.15) is 6.61 Å². The van der Waals surface area contributed by atoms with Crippen LogP contribution >= 0.6 is 0 Å². The minimum Gasteiger partial charge on any atom is -0.490 e. The first-order valence-corrected chi connectivity index (χ1v) is 6.79. The van der Waals surface area contributed by atoms with Gasteiger partial charge in [-0.2, -0.15) is 0 Å². The summed E-state index contributed by atoms with van der Waals surface area (Å²) in [7, 11) is 0. The standard InChI is InChI=1S/C16H25NO2/c1-6-18-15-9-7-8-14(10-17-13(4)5)16(15)19-11-12(2)3/h7-9,13,17H,2,6,10-11H2,1,3-5H3. The van der Waals surface area contributed by atoms with Gasteiger partial charge in [0.15, 0.2) is 11.5 Å². The smallest absolute Gasteiger partial charge is 0.166 e. The zero-order valence-electron chi connectivity index (χ0n) is 12.5. The summed E-state index contributed by atoms with van der Waals surface area (Å²) >= 11 is 0. The van der Waals surface area contributed by atoms with Gasteiger partial charge in [-0.05, 0) is 25.5 Å². The third-order valence-electron chi connectivity index (χ3n) is 2.52. The van der Waals surface area contributed by atoms with Crippen LogP contribution in [0.15, 0.2) is 30.4 Å². The van der Waals surface area contributed by atoms with Gasteiger partial charge in [-0.3, -0.25) is 0 Å². The van der Waals surface area contributed by atoms with Crippen molar-refractivity contribution in [1.29, 1.82) is 0 Å². The molecule has 1 N–H and O–H groups in total. The molecule has 1 aromatic carbocycles. The summed E-state index contributed by atoms with van der Waals surface area (Å²) in [5, 5.41) is 3.40. The normalized spacial score (nSPS) is 10.6. The van der Waals surface area contributed by atoms with Crippen LogP contribution in [0.4, 0.5) is 0 Å². The number of ether oxygens (including phenoxy) is 2. The first-order chi connectivity index (χ1) is 9.04. The molecule has 19 heavy (non-hydrogen) atoms. The van der Waals surface area contributed by atoms with E-state index < -0.39 is 0 Å². The fourth-order valence-corrected chi connectivity index (χ4v) is 1.64. The number of para-hydroxylation sites is 1.